The summed E-state index contributed by atoms with van der Waals surface area (Å²) in [6.07, 6.45) is 3.66. The first-order chi connectivity index (χ1) is 20.7. The molecule has 0 radical (unpaired) electrons. The van der Waals surface area contributed by atoms with Crippen molar-refractivity contribution in [3.63, 3.8) is 0 Å². The van der Waals surface area contributed by atoms with Gasteiger partial charge < -0.3 is 19.6 Å². The maximum atomic E-state index is 14.4. The maximum absolute atomic E-state index is 14.4. The molecule has 0 aliphatic carbocycles. The van der Waals surface area contributed by atoms with Crippen LogP contribution in [0.25, 0.3) is 22.3 Å². The molecule has 2 aromatic carbocycles. The Hall–Kier alpha value is -4.22. The van der Waals surface area contributed by atoms with E-state index in [1.807, 2.05) is 18.2 Å². The van der Waals surface area contributed by atoms with Crippen molar-refractivity contribution in [3.8, 4) is 22.8 Å². The van der Waals surface area contributed by atoms with Gasteiger partial charge in [0, 0.05) is 42.9 Å². The molecule has 0 amide bonds. The maximum Gasteiger partial charge on any atom is 0.323 e. The number of hydrogen-bond acceptors (Lipinski definition) is 7. The molecule has 222 valence electrons. The molecular formula is C31H32ClFN8O2. The molecule has 7 rings (SSSR count). The van der Waals surface area contributed by atoms with Crippen molar-refractivity contribution in [3.05, 3.63) is 81.5 Å². The third-order valence-electron chi connectivity index (χ3n) is 8.61. The lowest BCUT2D eigenvalue weighted by Crippen LogP contribution is -2.31. The second-order valence-electron chi connectivity index (χ2n) is 12.0. The zero-order valence-electron chi connectivity index (χ0n) is 24.0. The molecule has 3 aromatic heterocycles. The predicted octanol–water partition coefficient (Wildman–Crippen LogP) is 5.85. The van der Waals surface area contributed by atoms with Crippen LogP contribution in [0, 0.1) is 11.2 Å². The number of aromatic amines is 3. The number of benzene rings is 2. The fourth-order valence-corrected chi connectivity index (χ4v) is 6.50. The van der Waals surface area contributed by atoms with E-state index in [0.717, 1.165) is 62.3 Å². The van der Waals surface area contributed by atoms with Crippen LogP contribution in [-0.4, -0.2) is 61.2 Å². The highest BCUT2D eigenvalue weighted by Gasteiger charge is 2.44. The van der Waals surface area contributed by atoms with Gasteiger partial charge in [0.1, 0.15) is 11.6 Å². The Morgan fingerprint density at radius 1 is 1.05 bits per heavy atom. The number of imidazole rings is 1. The fourth-order valence-electron chi connectivity index (χ4n) is 6.37. The number of rotatable bonds is 7. The Kier molecular flexibility index (Phi) is 6.94. The number of likely N-dealkylation sites (tertiary alicyclic amines) is 1. The smallest absolute Gasteiger partial charge is 0.323 e. The highest BCUT2D eigenvalue weighted by atomic mass is 35.5. The Morgan fingerprint density at radius 3 is 2.72 bits per heavy atom. The van der Waals surface area contributed by atoms with Gasteiger partial charge in [-0.25, -0.2) is 14.2 Å². The van der Waals surface area contributed by atoms with Crippen LogP contribution < -0.4 is 15.3 Å². The van der Waals surface area contributed by atoms with Gasteiger partial charge in [-0.05, 0) is 78.9 Å². The van der Waals surface area contributed by atoms with Gasteiger partial charge in [-0.2, -0.15) is 10.1 Å². The molecule has 10 nitrogen and oxygen atoms in total. The molecule has 2 aliphatic heterocycles. The van der Waals surface area contributed by atoms with Gasteiger partial charge in [0.25, 0.3) is 0 Å². The van der Waals surface area contributed by atoms with Crippen LogP contribution in [0.15, 0.2) is 53.5 Å². The lowest BCUT2D eigenvalue weighted by Gasteiger charge is -2.26. The topological polar surface area (TPSA) is 119 Å². The first-order valence-electron chi connectivity index (χ1n) is 14.5. The summed E-state index contributed by atoms with van der Waals surface area (Å²) in [5, 5.41) is 7.59. The van der Waals surface area contributed by atoms with E-state index in [1.54, 1.807) is 12.3 Å². The van der Waals surface area contributed by atoms with Crippen molar-refractivity contribution in [1.82, 2.24) is 35.0 Å². The number of hydrogen-bond donors (Lipinski definition) is 3. The van der Waals surface area contributed by atoms with E-state index in [4.69, 9.17) is 16.3 Å². The minimum atomic E-state index is -0.377. The fraction of sp³-hybridized carbons (Fsp3) is 0.355. The largest absolute Gasteiger partial charge is 0.451 e. The molecule has 43 heavy (non-hydrogen) atoms. The molecule has 2 fully saturated rings. The summed E-state index contributed by atoms with van der Waals surface area (Å²) in [6, 6.07) is 12.4. The van der Waals surface area contributed by atoms with Gasteiger partial charge in [-0.3, -0.25) is 10.00 Å². The number of nitrogens with zero attached hydrogens (tertiary/aromatic N) is 5. The van der Waals surface area contributed by atoms with Crippen molar-refractivity contribution < 1.29 is 9.13 Å². The van der Waals surface area contributed by atoms with Crippen molar-refractivity contribution in [1.29, 1.82) is 0 Å². The lowest BCUT2D eigenvalue weighted by molar-refractivity contribution is 0.270. The second kappa shape index (κ2) is 10.8. The molecule has 12 heteroatoms. The Balaban J connectivity index is 1.10. The van der Waals surface area contributed by atoms with Gasteiger partial charge in [0.15, 0.2) is 11.6 Å². The number of ether oxygens (including phenoxy) is 1. The van der Waals surface area contributed by atoms with Crippen LogP contribution in [0.1, 0.15) is 43.9 Å². The van der Waals surface area contributed by atoms with E-state index < -0.39 is 0 Å². The molecule has 5 heterocycles. The first-order valence-corrected chi connectivity index (χ1v) is 14.9. The first kappa shape index (κ1) is 27.6. The number of halogens is 2. The monoisotopic (exact) mass is 602 g/mol. The highest BCUT2D eigenvalue weighted by Crippen LogP contribution is 2.44. The van der Waals surface area contributed by atoms with Gasteiger partial charge in [-0.15, -0.1) is 0 Å². The van der Waals surface area contributed by atoms with Crippen LogP contribution in [0.2, 0.25) is 5.28 Å². The molecule has 1 spiro atoms. The second-order valence-corrected chi connectivity index (χ2v) is 12.4. The Labute approximate surface area is 252 Å². The zero-order chi connectivity index (χ0) is 29.7. The van der Waals surface area contributed by atoms with Gasteiger partial charge >= 0.3 is 5.69 Å². The van der Waals surface area contributed by atoms with Crippen molar-refractivity contribution in [2.24, 2.45) is 5.41 Å². The summed E-state index contributed by atoms with van der Waals surface area (Å²) in [6.45, 7) is 8.51. The number of fused-ring (bicyclic) bond motifs is 1. The molecule has 5 aromatic rings. The highest BCUT2D eigenvalue weighted by molar-refractivity contribution is 6.28. The van der Waals surface area contributed by atoms with Crippen LogP contribution in [0.5, 0.6) is 11.5 Å². The number of anilines is 1. The minimum absolute atomic E-state index is 0.116. The van der Waals surface area contributed by atoms with Crippen LogP contribution in [0.3, 0.4) is 0 Å². The minimum Gasteiger partial charge on any atom is -0.451 e. The van der Waals surface area contributed by atoms with Gasteiger partial charge in [-0.1, -0.05) is 19.9 Å². The summed E-state index contributed by atoms with van der Waals surface area (Å²) in [7, 11) is 0. The van der Waals surface area contributed by atoms with Crippen molar-refractivity contribution >= 4 is 28.5 Å². The van der Waals surface area contributed by atoms with Gasteiger partial charge in [0.05, 0.1) is 22.9 Å². The van der Waals surface area contributed by atoms with Crippen LogP contribution >= 0.6 is 11.6 Å². The van der Waals surface area contributed by atoms with Gasteiger partial charge in [0.2, 0.25) is 5.28 Å². The molecule has 3 N–H and O–H groups in total. The SMILES string of the molecule is CC(C)c1cc(-c2cc(F)ccc2Oc2cnc(Cl)nc2N2CCC3(CCN(Cc4ccc5[nH]c(=O)[nH]c5c4)C3)C2)n[nH]1. The Bertz CT molecular complexity index is 1870. The quantitative estimate of drug-likeness (QED) is 0.200. The summed E-state index contributed by atoms with van der Waals surface area (Å²) >= 11 is 6.29. The number of nitrogens with one attached hydrogen (secondary N) is 3. The molecule has 2 aliphatic rings. The molecule has 1 atom stereocenters. The molecule has 2 saturated heterocycles. The Morgan fingerprint density at radius 2 is 1.88 bits per heavy atom. The molecule has 1 unspecified atom stereocenters. The van der Waals surface area contributed by atoms with Crippen molar-refractivity contribution in [2.75, 3.05) is 31.1 Å². The molecule has 0 saturated carbocycles. The summed E-state index contributed by atoms with van der Waals surface area (Å²) in [5.41, 5.74) is 4.83. The summed E-state index contributed by atoms with van der Waals surface area (Å²) in [5.74, 6) is 1.41. The van der Waals surface area contributed by atoms with Crippen LogP contribution in [-0.2, 0) is 6.54 Å². The normalized spacial score (nSPS) is 19.0. The number of aromatic nitrogens is 6. The zero-order valence-corrected chi connectivity index (χ0v) is 24.7. The summed E-state index contributed by atoms with van der Waals surface area (Å²) < 4.78 is 20.8. The van der Waals surface area contributed by atoms with Crippen LogP contribution in [0.4, 0.5) is 10.2 Å². The van der Waals surface area contributed by atoms with E-state index in [-0.39, 0.29) is 28.1 Å². The lowest BCUT2D eigenvalue weighted by atomic mass is 9.86. The average molecular weight is 603 g/mol. The third kappa shape index (κ3) is 5.50. The third-order valence-corrected chi connectivity index (χ3v) is 8.79. The van der Waals surface area contributed by atoms with E-state index in [0.29, 0.717) is 28.6 Å². The van der Waals surface area contributed by atoms with E-state index >= 15 is 0 Å². The van der Waals surface area contributed by atoms with Crippen molar-refractivity contribution in [2.45, 2.75) is 39.2 Å². The van der Waals surface area contributed by atoms with E-state index in [2.05, 4.69) is 59.8 Å². The molecular weight excluding hydrogens is 571 g/mol. The number of H-pyrrole nitrogens is 3. The predicted molar refractivity (Wildman–Crippen MR) is 163 cm³/mol. The average Bonchev–Trinajstić information content (AvgIpc) is 3.78. The van der Waals surface area contributed by atoms with E-state index in [9.17, 15) is 9.18 Å². The molecule has 0 bridgehead atoms. The van der Waals surface area contributed by atoms with E-state index in [1.165, 1.54) is 17.7 Å². The summed E-state index contributed by atoms with van der Waals surface area (Å²) in [4.78, 5) is 30.8. The standard InChI is InChI=1S/C31H32ClFN8O2/c1-18(2)23-13-24(39-38-23)21-12-20(33)4-6-26(21)43-27-14-34-29(32)37-28(27)41-10-8-31(17-41)7-9-40(16-31)15-19-3-5-22-25(11-19)36-30(42)35-22/h3-6,11-14,18H,7-10,15-17H2,1-2H3,(H,38,39)(H2,35,36,42).